The molecule has 0 aliphatic carbocycles. The number of hydrogen-bond acceptors (Lipinski definition) is 3. The molecule has 0 fully saturated rings. The van der Waals surface area contributed by atoms with Gasteiger partial charge >= 0.3 is 33.4 Å². The van der Waals surface area contributed by atoms with Gasteiger partial charge < -0.3 is 4.18 Å². The van der Waals surface area contributed by atoms with Crippen LogP contribution >= 0.6 is 0 Å². The predicted molar refractivity (Wildman–Crippen MR) is 95.5 cm³/mol. The van der Waals surface area contributed by atoms with Gasteiger partial charge in [-0.3, -0.25) is 0 Å². The van der Waals surface area contributed by atoms with Crippen LogP contribution in [0.2, 0.25) is 0 Å². The van der Waals surface area contributed by atoms with Crippen LogP contribution in [-0.4, -0.2) is 31.7 Å². The summed E-state index contributed by atoms with van der Waals surface area (Å²) in [6.07, 6.45) is -7.15. The molecule has 0 spiro atoms. The normalized spacial score (nSPS) is 14.3. The molecule has 0 heterocycles. The highest BCUT2D eigenvalue weighted by Crippen LogP contribution is 2.55. The van der Waals surface area contributed by atoms with Crippen molar-refractivity contribution >= 4 is 10.1 Å². The molecule has 0 aromatic heterocycles. The number of rotatable bonds is 7. The molecule has 0 atom stereocenters. The van der Waals surface area contributed by atoms with Gasteiger partial charge in [0.1, 0.15) is 5.75 Å². The van der Waals surface area contributed by atoms with Gasteiger partial charge in [0.05, 0.1) is 0 Å². The van der Waals surface area contributed by atoms with Gasteiger partial charge in [0, 0.05) is 5.41 Å². The molecule has 2 rings (SSSR count). The Bertz CT molecular complexity index is 1050. The Morgan fingerprint density at radius 2 is 1.09 bits per heavy atom. The number of alkyl halides is 9. The van der Waals surface area contributed by atoms with E-state index in [0.717, 1.165) is 17.7 Å². The maximum atomic E-state index is 13.7. The molecule has 0 radical (unpaired) electrons. The van der Waals surface area contributed by atoms with E-state index in [1.807, 2.05) is 0 Å². The molecule has 0 aliphatic rings. The lowest BCUT2D eigenvalue weighted by molar-refractivity contribution is -0.382. The summed E-state index contributed by atoms with van der Waals surface area (Å²) in [6.45, 7) is 3.51. The molecule has 2 aromatic carbocycles. The Morgan fingerprint density at radius 3 is 1.53 bits per heavy atom. The minimum absolute atomic E-state index is 0.495. The molecule has 0 unspecified atom stereocenters. The summed E-state index contributed by atoms with van der Waals surface area (Å²) in [5.41, 5.74) is 0.598. The minimum atomic E-state index is -7.36. The fraction of sp³-hybridized carbons (Fsp3) is 0.368. The number of hydrogen-bond donors (Lipinski definition) is 0. The lowest BCUT2D eigenvalue weighted by Crippen LogP contribution is -2.63. The van der Waals surface area contributed by atoms with Crippen molar-refractivity contribution in [3.63, 3.8) is 0 Å². The first-order valence-corrected chi connectivity index (χ1v) is 10.00. The Morgan fingerprint density at radius 1 is 0.656 bits per heavy atom. The molecule has 3 nitrogen and oxygen atoms in total. The molecule has 32 heavy (non-hydrogen) atoms. The van der Waals surface area contributed by atoms with Gasteiger partial charge in [-0.05, 0) is 23.3 Å². The number of halogens is 9. The van der Waals surface area contributed by atoms with Gasteiger partial charge in [-0.25, -0.2) is 0 Å². The van der Waals surface area contributed by atoms with Crippen molar-refractivity contribution in [1.82, 2.24) is 0 Å². The largest absolute Gasteiger partial charge is 0.460 e. The molecule has 0 saturated heterocycles. The third-order valence-corrected chi connectivity index (χ3v) is 6.00. The zero-order chi connectivity index (χ0) is 24.8. The van der Waals surface area contributed by atoms with Crippen LogP contribution in [0, 0.1) is 0 Å². The summed E-state index contributed by atoms with van der Waals surface area (Å²) in [6, 6.07) is 12.7. The van der Waals surface area contributed by atoms with Crippen LogP contribution in [-0.2, 0) is 15.5 Å². The molecule has 0 amide bonds. The predicted octanol–water partition coefficient (Wildman–Crippen LogP) is 6.15. The van der Waals surface area contributed by atoms with Gasteiger partial charge in [-0.2, -0.15) is 47.9 Å². The van der Waals surface area contributed by atoms with Crippen molar-refractivity contribution in [3.05, 3.63) is 65.7 Å². The first-order chi connectivity index (χ1) is 14.3. The summed E-state index contributed by atoms with van der Waals surface area (Å²) in [5.74, 6) is -15.7. The van der Waals surface area contributed by atoms with Gasteiger partial charge in [0.2, 0.25) is 0 Å². The summed E-state index contributed by atoms with van der Waals surface area (Å²) in [7, 11) is -6.98. The van der Waals surface area contributed by atoms with Crippen LogP contribution in [0.15, 0.2) is 54.6 Å². The smallest absolute Gasteiger partial charge is 0.378 e. The van der Waals surface area contributed by atoms with Crippen molar-refractivity contribution in [2.75, 3.05) is 0 Å². The summed E-state index contributed by atoms with van der Waals surface area (Å²) < 4.78 is 144. The number of benzene rings is 2. The van der Waals surface area contributed by atoms with E-state index in [-0.39, 0.29) is 0 Å². The molecule has 0 bridgehead atoms. The van der Waals surface area contributed by atoms with Crippen molar-refractivity contribution in [2.24, 2.45) is 0 Å². The van der Waals surface area contributed by atoms with Crippen molar-refractivity contribution in [2.45, 2.75) is 42.5 Å². The quantitative estimate of drug-likeness (QED) is 0.343. The van der Waals surface area contributed by atoms with E-state index < -0.39 is 44.6 Å². The molecule has 0 saturated carbocycles. The maximum Gasteiger partial charge on any atom is 0.460 e. The topological polar surface area (TPSA) is 43.4 Å². The SMILES string of the molecule is CC(C)(c1ccccc1)c1ccc(OS(=O)(=O)C(F)(F)C(F)(F)C(F)(F)C(F)(F)F)cc1. The monoisotopic (exact) mass is 494 g/mol. The third kappa shape index (κ3) is 4.14. The molecule has 178 valence electrons. The minimum Gasteiger partial charge on any atom is -0.378 e. The Balaban J connectivity index is 2.36. The molecular weight excluding hydrogens is 479 g/mol. The van der Waals surface area contributed by atoms with Gasteiger partial charge in [0.15, 0.2) is 0 Å². The summed E-state index contributed by atoms with van der Waals surface area (Å²) in [5, 5.41) is -6.92. The molecule has 0 aliphatic heterocycles. The highest BCUT2D eigenvalue weighted by molar-refractivity contribution is 7.88. The first kappa shape index (κ1) is 25.8. The fourth-order valence-corrected chi connectivity index (χ4v) is 3.56. The van der Waals surface area contributed by atoms with Crippen LogP contribution in [0.25, 0.3) is 0 Å². The van der Waals surface area contributed by atoms with E-state index in [2.05, 4.69) is 4.18 Å². The van der Waals surface area contributed by atoms with E-state index in [1.54, 1.807) is 44.2 Å². The Kier molecular flexibility index (Phi) is 6.34. The van der Waals surface area contributed by atoms with Crippen LogP contribution < -0.4 is 4.18 Å². The standard InChI is InChI=1S/C19H15F9O3S/c1-15(2,12-6-4-3-5-7-12)13-8-10-14(11-9-13)31-32(29,30)19(27,28)17(22,23)16(20,21)18(24,25)26/h3-11H,1-2H3. The average molecular weight is 494 g/mol. The summed E-state index contributed by atoms with van der Waals surface area (Å²) in [4.78, 5) is 0. The Labute approximate surface area is 176 Å². The first-order valence-electron chi connectivity index (χ1n) is 8.59. The van der Waals surface area contributed by atoms with E-state index in [4.69, 9.17) is 0 Å². The summed E-state index contributed by atoms with van der Waals surface area (Å²) >= 11 is 0. The van der Waals surface area contributed by atoms with Gasteiger partial charge in [-0.15, -0.1) is 0 Å². The molecule has 0 N–H and O–H groups in total. The third-order valence-electron chi connectivity index (χ3n) is 4.71. The Hall–Kier alpha value is -2.44. The van der Waals surface area contributed by atoms with Crippen LogP contribution in [0.3, 0.4) is 0 Å². The zero-order valence-corrected chi connectivity index (χ0v) is 17.0. The second-order valence-electron chi connectivity index (χ2n) is 7.22. The van der Waals surface area contributed by atoms with Crippen molar-refractivity contribution in [1.29, 1.82) is 0 Å². The fourth-order valence-electron chi connectivity index (χ4n) is 2.65. The van der Waals surface area contributed by atoms with Gasteiger partial charge in [0.25, 0.3) is 0 Å². The lowest BCUT2D eigenvalue weighted by atomic mass is 9.78. The maximum absolute atomic E-state index is 13.7. The van der Waals surface area contributed by atoms with Crippen LogP contribution in [0.5, 0.6) is 5.75 Å². The lowest BCUT2D eigenvalue weighted by Gasteiger charge is -2.32. The van der Waals surface area contributed by atoms with E-state index in [1.165, 1.54) is 12.1 Å². The second kappa shape index (κ2) is 7.85. The second-order valence-corrected chi connectivity index (χ2v) is 8.80. The van der Waals surface area contributed by atoms with Crippen LogP contribution in [0.1, 0.15) is 25.0 Å². The van der Waals surface area contributed by atoms with Gasteiger partial charge in [-0.1, -0.05) is 56.3 Å². The van der Waals surface area contributed by atoms with E-state index >= 15 is 0 Å². The van der Waals surface area contributed by atoms with Crippen molar-refractivity contribution in [3.8, 4) is 5.75 Å². The van der Waals surface area contributed by atoms with E-state index in [0.29, 0.717) is 5.56 Å². The highest BCUT2D eigenvalue weighted by Gasteiger charge is 2.86. The van der Waals surface area contributed by atoms with Crippen molar-refractivity contribution < 1.29 is 52.1 Å². The molecule has 13 heteroatoms. The zero-order valence-electron chi connectivity index (χ0n) is 16.2. The molecule has 2 aromatic rings. The van der Waals surface area contributed by atoms with E-state index in [9.17, 15) is 47.9 Å². The molecular formula is C19H15F9O3S. The average Bonchev–Trinajstić information content (AvgIpc) is 2.67. The van der Waals surface area contributed by atoms with Crippen LogP contribution in [0.4, 0.5) is 39.5 Å². The highest BCUT2D eigenvalue weighted by atomic mass is 32.2.